The van der Waals surface area contributed by atoms with Crippen molar-refractivity contribution in [3.8, 4) is 0 Å². The van der Waals surface area contributed by atoms with E-state index in [0.29, 0.717) is 10.6 Å². The van der Waals surface area contributed by atoms with Crippen molar-refractivity contribution in [1.29, 1.82) is 0 Å². The zero-order valence-corrected chi connectivity index (χ0v) is 14.5. The number of halogens is 4. The summed E-state index contributed by atoms with van der Waals surface area (Å²) in [5.41, 5.74) is -1.04. The molecule has 1 aliphatic rings. The smallest absolute Gasteiger partial charge is 0.319 e. The first-order valence-electron chi connectivity index (χ1n) is 7.26. The van der Waals surface area contributed by atoms with Crippen molar-refractivity contribution in [1.82, 2.24) is 10.2 Å². The van der Waals surface area contributed by atoms with Crippen LogP contribution in [0.5, 0.6) is 0 Å². The number of amides is 3. The van der Waals surface area contributed by atoms with Crippen molar-refractivity contribution in [3.05, 3.63) is 69.2 Å². The van der Waals surface area contributed by atoms with Crippen LogP contribution in [-0.4, -0.2) is 16.8 Å². The highest BCUT2D eigenvalue weighted by Crippen LogP contribution is 2.33. The van der Waals surface area contributed by atoms with Gasteiger partial charge in [-0.05, 0) is 30.7 Å². The fourth-order valence-corrected chi connectivity index (χ4v) is 2.98. The SMILES string of the molecule is CC1(c2ccc(Cl)c(Cl)c2)NC(=O)N(Cc2cccc(F)c2F)C1=O. The molecule has 4 nitrogen and oxygen atoms in total. The van der Waals surface area contributed by atoms with Crippen molar-refractivity contribution in [2.75, 3.05) is 0 Å². The van der Waals surface area contributed by atoms with Gasteiger partial charge in [0, 0.05) is 5.56 Å². The summed E-state index contributed by atoms with van der Waals surface area (Å²) in [6.45, 7) is 1.12. The lowest BCUT2D eigenvalue weighted by Gasteiger charge is -2.22. The van der Waals surface area contributed by atoms with Crippen molar-refractivity contribution >= 4 is 35.1 Å². The van der Waals surface area contributed by atoms with E-state index in [9.17, 15) is 18.4 Å². The lowest BCUT2D eigenvalue weighted by atomic mass is 9.92. The summed E-state index contributed by atoms with van der Waals surface area (Å²) in [6, 6.07) is 7.44. The standard InChI is InChI=1S/C17H12Cl2F2N2O2/c1-17(10-5-6-11(18)12(19)7-10)15(24)23(16(25)22-17)8-9-3-2-4-13(20)14(9)21/h2-7H,8H2,1H3,(H,22,25). The molecule has 3 amide bonds. The second-order valence-corrected chi connectivity index (χ2v) is 6.60. The Morgan fingerprint density at radius 3 is 2.52 bits per heavy atom. The third kappa shape index (κ3) is 2.96. The van der Waals surface area contributed by atoms with Gasteiger partial charge < -0.3 is 5.32 Å². The highest BCUT2D eigenvalue weighted by Gasteiger charge is 2.49. The van der Waals surface area contributed by atoms with Crippen LogP contribution in [0.1, 0.15) is 18.1 Å². The zero-order valence-electron chi connectivity index (χ0n) is 12.9. The molecular weight excluding hydrogens is 373 g/mol. The van der Waals surface area contributed by atoms with Crippen molar-refractivity contribution in [2.24, 2.45) is 0 Å². The Hall–Kier alpha value is -2.18. The van der Waals surface area contributed by atoms with Gasteiger partial charge in [-0.3, -0.25) is 9.69 Å². The molecule has 2 aromatic carbocycles. The van der Waals surface area contributed by atoms with Crippen molar-refractivity contribution < 1.29 is 18.4 Å². The number of hydrogen-bond donors (Lipinski definition) is 1. The van der Waals surface area contributed by atoms with Gasteiger partial charge >= 0.3 is 6.03 Å². The summed E-state index contributed by atoms with van der Waals surface area (Å²) >= 11 is 11.9. The molecule has 130 valence electrons. The van der Waals surface area contributed by atoms with Crippen LogP contribution in [0, 0.1) is 11.6 Å². The van der Waals surface area contributed by atoms with Gasteiger partial charge in [-0.1, -0.05) is 41.4 Å². The van der Waals surface area contributed by atoms with E-state index in [2.05, 4.69) is 5.32 Å². The lowest BCUT2D eigenvalue weighted by molar-refractivity contribution is -0.131. The summed E-state index contributed by atoms with van der Waals surface area (Å²) in [5, 5.41) is 3.11. The zero-order chi connectivity index (χ0) is 18.4. The molecule has 0 aliphatic carbocycles. The molecule has 1 N–H and O–H groups in total. The number of nitrogens with one attached hydrogen (secondary N) is 1. The molecule has 0 aromatic heterocycles. The van der Waals surface area contributed by atoms with Crippen LogP contribution in [0.2, 0.25) is 10.0 Å². The molecule has 25 heavy (non-hydrogen) atoms. The Balaban J connectivity index is 1.94. The maximum absolute atomic E-state index is 13.8. The van der Waals surface area contributed by atoms with Gasteiger partial charge in [-0.25, -0.2) is 13.6 Å². The van der Waals surface area contributed by atoms with Crippen LogP contribution >= 0.6 is 23.2 Å². The number of urea groups is 1. The number of benzene rings is 2. The fraction of sp³-hybridized carbons (Fsp3) is 0.176. The highest BCUT2D eigenvalue weighted by atomic mass is 35.5. The van der Waals surface area contributed by atoms with E-state index < -0.39 is 29.1 Å². The maximum Gasteiger partial charge on any atom is 0.325 e. The monoisotopic (exact) mass is 384 g/mol. The third-order valence-corrected chi connectivity index (χ3v) is 4.87. The summed E-state index contributed by atoms with van der Waals surface area (Å²) < 4.78 is 27.2. The van der Waals surface area contributed by atoms with Gasteiger partial charge in [0.2, 0.25) is 0 Å². The van der Waals surface area contributed by atoms with Crippen LogP contribution in [0.25, 0.3) is 0 Å². The van der Waals surface area contributed by atoms with E-state index in [1.54, 1.807) is 6.07 Å². The first-order valence-corrected chi connectivity index (χ1v) is 8.02. The van der Waals surface area contributed by atoms with Crippen LogP contribution in [-0.2, 0) is 16.9 Å². The van der Waals surface area contributed by atoms with Crippen molar-refractivity contribution in [2.45, 2.75) is 19.0 Å². The molecule has 1 saturated heterocycles. The molecular formula is C17H12Cl2F2N2O2. The molecule has 0 saturated carbocycles. The Bertz CT molecular complexity index is 891. The molecule has 1 heterocycles. The van der Waals surface area contributed by atoms with Crippen LogP contribution in [0.3, 0.4) is 0 Å². The van der Waals surface area contributed by atoms with E-state index in [4.69, 9.17) is 23.2 Å². The minimum atomic E-state index is -1.38. The molecule has 0 bridgehead atoms. The molecule has 8 heteroatoms. The maximum atomic E-state index is 13.8. The molecule has 2 aromatic rings. The van der Waals surface area contributed by atoms with Gasteiger partial charge in [0.25, 0.3) is 5.91 Å². The Morgan fingerprint density at radius 1 is 1.12 bits per heavy atom. The number of hydrogen-bond acceptors (Lipinski definition) is 2. The number of rotatable bonds is 3. The van der Waals surface area contributed by atoms with Gasteiger partial charge in [-0.15, -0.1) is 0 Å². The van der Waals surface area contributed by atoms with Crippen molar-refractivity contribution in [3.63, 3.8) is 0 Å². The van der Waals surface area contributed by atoms with E-state index in [1.807, 2.05) is 0 Å². The first-order chi connectivity index (χ1) is 11.7. The van der Waals surface area contributed by atoms with Gasteiger partial charge in [-0.2, -0.15) is 0 Å². The molecule has 3 rings (SSSR count). The fourth-order valence-electron chi connectivity index (χ4n) is 2.68. The van der Waals surface area contributed by atoms with E-state index in [0.717, 1.165) is 11.0 Å². The van der Waals surface area contributed by atoms with Crippen LogP contribution in [0.15, 0.2) is 36.4 Å². The largest absolute Gasteiger partial charge is 0.325 e. The summed E-state index contributed by atoms with van der Waals surface area (Å²) in [7, 11) is 0. The molecule has 0 spiro atoms. The first kappa shape index (κ1) is 17.6. The van der Waals surface area contributed by atoms with E-state index >= 15 is 0 Å². The second-order valence-electron chi connectivity index (χ2n) is 5.79. The Labute approximate surface area is 152 Å². The predicted molar refractivity (Wildman–Crippen MR) is 89.3 cm³/mol. The average molecular weight is 385 g/mol. The van der Waals surface area contributed by atoms with Crippen LogP contribution in [0.4, 0.5) is 13.6 Å². The number of imide groups is 1. The molecule has 1 aliphatic heterocycles. The number of carbonyl (C=O) groups is 2. The van der Waals surface area contributed by atoms with Gasteiger partial charge in [0.05, 0.1) is 16.6 Å². The Kier molecular flexibility index (Phi) is 4.43. The minimum absolute atomic E-state index is 0.0955. The minimum Gasteiger partial charge on any atom is -0.319 e. The molecule has 1 atom stereocenters. The number of carbonyl (C=O) groups excluding carboxylic acids is 2. The summed E-state index contributed by atoms with van der Waals surface area (Å²) in [6.07, 6.45) is 0. The van der Waals surface area contributed by atoms with Gasteiger partial charge in [0.1, 0.15) is 5.54 Å². The molecule has 0 radical (unpaired) electrons. The lowest BCUT2D eigenvalue weighted by Crippen LogP contribution is -2.40. The number of nitrogens with zero attached hydrogens (tertiary/aromatic N) is 1. The second kappa shape index (κ2) is 6.28. The molecule has 1 unspecified atom stereocenters. The predicted octanol–water partition coefficient (Wildman–Crippen LogP) is 4.24. The quantitative estimate of drug-likeness (QED) is 0.804. The van der Waals surface area contributed by atoms with Gasteiger partial charge in [0.15, 0.2) is 11.6 Å². The summed E-state index contributed by atoms with van der Waals surface area (Å²) in [4.78, 5) is 25.9. The highest BCUT2D eigenvalue weighted by molar-refractivity contribution is 6.42. The topological polar surface area (TPSA) is 49.4 Å². The Morgan fingerprint density at radius 2 is 1.84 bits per heavy atom. The van der Waals surface area contributed by atoms with E-state index in [-0.39, 0.29) is 17.1 Å². The van der Waals surface area contributed by atoms with Crippen LogP contribution < -0.4 is 5.32 Å². The van der Waals surface area contributed by atoms with E-state index in [1.165, 1.54) is 31.2 Å². The average Bonchev–Trinajstić information content (AvgIpc) is 2.78. The molecule has 1 fully saturated rings. The third-order valence-electron chi connectivity index (χ3n) is 4.13. The normalized spacial score (nSPS) is 20.1. The summed E-state index contributed by atoms with van der Waals surface area (Å²) in [5.74, 6) is -2.73.